The average Bonchev–Trinajstić information content (AvgIpc) is 2.95. The Labute approximate surface area is 139 Å². The van der Waals surface area contributed by atoms with Crippen molar-refractivity contribution < 1.29 is 9.59 Å². The summed E-state index contributed by atoms with van der Waals surface area (Å²) in [5.41, 5.74) is 7.17. The molecule has 1 aliphatic carbocycles. The van der Waals surface area contributed by atoms with E-state index < -0.39 is 0 Å². The van der Waals surface area contributed by atoms with Crippen LogP contribution in [0.25, 0.3) is 0 Å². The summed E-state index contributed by atoms with van der Waals surface area (Å²) in [5, 5.41) is 0.812. The largest absolute Gasteiger partial charge is 0.274 e. The SMILES string of the molecule is CC(=O)NNC(=O)Cc1nc2c(s1)C[C@H](c1ccccc1)CC2. The molecule has 0 spiro atoms. The monoisotopic (exact) mass is 329 g/mol. The minimum Gasteiger partial charge on any atom is -0.274 e. The fourth-order valence-electron chi connectivity index (χ4n) is 2.85. The van der Waals surface area contributed by atoms with Crippen molar-refractivity contribution in [3.05, 3.63) is 51.5 Å². The van der Waals surface area contributed by atoms with E-state index in [1.54, 1.807) is 11.3 Å². The van der Waals surface area contributed by atoms with Gasteiger partial charge in [0, 0.05) is 11.8 Å². The lowest BCUT2D eigenvalue weighted by Crippen LogP contribution is -2.41. The van der Waals surface area contributed by atoms with Crippen LogP contribution in [0.2, 0.25) is 0 Å². The summed E-state index contributed by atoms with van der Waals surface area (Å²) in [5.74, 6) is -0.00130. The summed E-state index contributed by atoms with van der Waals surface area (Å²) < 4.78 is 0. The molecule has 0 unspecified atom stereocenters. The number of nitrogens with one attached hydrogen (secondary N) is 2. The zero-order valence-electron chi connectivity index (χ0n) is 13.0. The fourth-order valence-corrected chi connectivity index (χ4v) is 4.05. The summed E-state index contributed by atoms with van der Waals surface area (Å²) in [6.07, 6.45) is 3.25. The van der Waals surface area contributed by atoms with E-state index in [4.69, 9.17) is 0 Å². The smallest absolute Gasteiger partial charge is 0.245 e. The van der Waals surface area contributed by atoms with Crippen LogP contribution in [-0.2, 0) is 28.9 Å². The van der Waals surface area contributed by atoms with Gasteiger partial charge in [-0.2, -0.15) is 0 Å². The Morgan fingerprint density at radius 3 is 2.78 bits per heavy atom. The first-order valence-corrected chi connectivity index (χ1v) is 8.51. The molecule has 3 rings (SSSR count). The molecule has 6 heteroatoms. The Kier molecular flexibility index (Phi) is 4.71. The number of benzene rings is 1. The van der Waals surface area contributed by atoms with Crippen LogP contribution in [0.4, 0.5) is 0 Å². The van der Waals surface area contributed by atoms with Gasteiger partial charge in [0.15, 0.2) is 0 Å². The number of carbonyl (C=O) groups is 2. The van der Waals surface area contributed by atoms with Crippen molar-refractivity contribution in [2.75, 3.05) is 0 Å². The maximum absolute atomic E-state index is 11.8. The van der Waals surface area contributed by atoms with Gasteiger partial charge in [-0.05, 0) is 30.7 Å². The number of carbonyl (C=O) groups excluding carboxylic acids is 2. The second-order valence-corrected chi connectivity index (χ2v) is 6.90. The van der Waals surface area contributed by atoms with E-state index in [0.29, 0.717) is 5.92 Å². The van der Waals surface area contributed by atoms with Crippen LogP contribution < -0.4 is 10.9 Å². The van der Waals surface area contributed by atoms with Gasteiger partial charge in [0.05, 0.1) is 12.1 Å². The number of aryl methyl sites for hydroxylation is 1. The molecular weight excluding hydrogens is 310 g/mol. The third-order valence-electron chi connectivity index (χ3n) is 3.94. The highest BCUT2D eigenvalue weighted by molar-refractivity contribution is 7.11. The Morgan fingerprint density at radius 1 is 1.26 bits per heavy atom. The highest BCUT2D eigenvalue weighted by atomic mass is 32.1. The van der Waals surface area contributed by atoms with Crippen LogP contribution in [0, 0.1) is 0 Å². The predicted molar refractivity (Wildman–Crippen MR) is 89.0 cm³/mol. The van der Waals surface area contributed by atoms with E-state index in [1.807, 2.05) is 6.07 Å². The van der Waals surface area contributed by atoms with Gasteiger partial charge in [-0.1, -0.05) is 30.3 Å². The lowest BCUT2D eigenvalue weighted by Gasteiger charge is -2.21. The van der Waals surface area contributed by atoms with Gasteiger partial charge in [-0.25, -0.2) is 4.98 Å². The van der Waals surface area contributed by atoms with E-state index in [-0.39, 0.29) is 18.2 Å². The maximum atomic E-state index is 11.8. The molecular formula is C17H19N3O2S. The van der Waals surface area contributed by atoms with Gasteiger partial charge in [-0.15, -0.1) is 11.3 Å². The standard InChI is InChI=1S/C17H19N3O2S/c1-11(21)19-20-16(22)10-17-18-14-8-7-13(9-15(14)23-17)12-5-3-2-4-6-12/h2-6,13H,7-10H2,1H3,(H,19,21)(H,20,22)/t13-/m1/s1. The molecule has 1 aromatic heterocycles. The molecule has 0 fully saturated rings. The summed E-state index contributed by atoms with van der Waals surface area (Å²) in [7, 11) is 0. The first kappa shape index (κ1) is 15.7. The van der Waals surface area contributed by atoms with E-state index in [0.717, 1.165) is 30.0 Å². The van der Waals surface area contributed by atoms with Crippen molar-refractivity contribution >= 4 is 23.2 Å². The second kappa shape index (κ2) is 6.91. The highest BCUT2D eigenvalue weighted by Gasteiger charge is 2.24. The topological polar surface area (TPSA) is 71.1 Å². The van der Waals surface area contributed by atoms with E-state index in [2.05, 4.69) is 40.1 Å². The molecule has 2 aromatic rings. The fraction of sp³-hybridized carbons (Fsp3) is 0.353. The van der Waals surface area contributed by atoms with Crippen molar-refractivity contribution in [2.45, 2.75) is 38.5 Å². The summed E-state index contributed by atoms with van der Waals surface area (Å²) in [6.45, 7) is 1.35. The summed E-state index contributed by atoms with van der Waals surface area (Å²) >= 11 is 1.61. The maximum Gasteiger partial charge on any atom is 0.245 e. The molecule has 0 saturated carbocycles. The van der Waals surface area contributed by atoms with Crippen molar-refractivity contribution in [1.82, 2.24) is 15.8 Å². The molecule has 1 heterocycles. The lowest BCUT2D eigenvalue weighted by atomic mass is 9.85. The van der Waals surface area contributed by atoms with Crippen LogP contribution >= 0.6 is 11.3 Å². The van der Waals surface area contributed by atoms with E-state index in [1.165, 1.54) is 17.4 Å². The molecule has 0 bridgehead atoms. The number of nitrogens with zero attached hydrogens (tertiary/aromatic N) is 1. The average molecular weight is 329 g/mol. The highest BCUT2D eigenvalue weighted by Crippen LogP contribution is 2.35. The Bertz CT molecular complexity index is 712. The molecule has 1 aliphatic rings. The normalized spacial score (nSPS) is 16.5. The number of fused-ring (bicyclic) bond motifs is 1. The summed E-state index contributed by atoms with van der Waals surface area (Å²) in [4.78, 5) is 28.4. The third kappa shape index (κ3) is 3.96. The number of hydrogen-bond acceptors (Lipinski definition) is 4. The van der Waals surface area contributed by atoms with Gasteiger partial charge < -0.3 is 0 Å². The zero-order valence-corrected chi connectivity index (χ0v) is 13.8. The molecule has 0 radical (unpaired) electrons. The number of aromatic nitrogens is 1. The van der Waals surface area contributed by atoms with Gasteiger partial charge in [0.1, 0.15) is 5.01 Å². The summed E-state index contributed by atoms with van der Waals surface area (Å²) in [6, 6.07) is 10.6. The third-order valence-corrected chi connectivity index (χ3v) is 5.06. The van der Waals surface area contributed by atoms with Crippen molar-refractivity contribution in [3.63, 3.8) is 0 Å². The van der Waals surface area contributed by atoms with Gasteiger partial charge in [-0.3, -0.25) is 20.4 Å². The van der Waals surface area contributed by atoms with Crippen LogP contribution in [0.5, 0.6) is 0 Å². The Hall–Kier alpha value is -2.21. The zero-order chi connectivity index (χ0) is 16.2. The Morgan fingerprint density at radius 2 is 2.04 bits per heavy atom. The van der Waals surface area contributed by atoms with Crippen LogP contribution in [0.3, 0.4) is 0 Å². The predicted octanol–water partition coefficient (Wildman–Crippen LogP) is 2.13. The number of rotatable bonds is 3. The van der Waals surface area contributed by atoms with E-state index in [9.17, 15) is 9.59 Å². The number of hydrazine groups is 1. The lowest BCUT2D eigenvalue weighted by molar-refractivity contribution is -0.127. The van der Waals surface area contributed by atoms with Crippen molar-refractivity contribution in [2.24, 2.45) is 0 Å². The van der Waals surface area contributed by atoms with E-state index >= 15 is 0 Å². The molecule has 1 atom stereocenters. The number of amides is 2. The van der Waals surface area contributed by atoms with Crippen molar-refractivity contribution in [3.8, 4) is 0 Å². The van der Waals surface area contributed by atoms with Crippen LogP contribution in [0.1, 0.15) is 40.4 Å². The number of thiazole rings is 1. The first-order valence-electron chi connectivity index (χ1n) is 7.69. The molecule has 2 amide bonds. The molecule has 1 aromatic carbocycles. The van der Waals surface area contributed by atoms with Crippen LogP contribution in [0.15, 0.2) is 30.3 Å². The van der Waals surface area contributed by atoms with Gasteiger partial charge in [0.25, 0.3) is 0 Å². The molecule has 2 N–H and O–H groups in total. The molecule has 5 nitrogen and oxygen atoms in total. The molecule has 23 heavy (non-hydrogen) atoms. The minimum atomic E-state index is -0.289. The molecule has 0 saturated heterocycles. The Balaban J connectivity index is 1.65. The second-order valence-electron chi connectivity index (χ2n) is 5.73. The van der Waals surface area contributed by atoms with Gasteiger partial charge >= 0.3 is 0 Å². The van der Waals surface area contributed by atoms with Crippen molar-refractivity contribution in [1.29, 1.82) is 0 Å². The minimum absolute atomic E-state index is 0.202. The first-order chi connectivity index (χ1) is 11.1. The van der Waals surface area contributed by atoms with Crippen LogP contribution in [-0.4, -0.2) is 16.8 Å². The quantitative estimate of drug-likeness (QED) is 0.848. The molecule has 0 aliphatic heterocycles. The molecule has 120 valence electrons. The van der Waals surface area contributed by atoms with Gasteiger partial charge in [0.2, 0.25) is 11.8 Å². The number of hydrogen-bond donors (Lipinski definition) is 2.